The lowest BCUT2D eigenvalue weighted by Gasteiger charge is -2.33. The minimum atomic E-state index is -0.133. The highest BCUT2D eigenvalue weighted by atomic mass is 16.5. The summed E-state index contributed by atoms with van der Waals surface area (Å²) in [6.45, 7) is 13.5. The molecule has 0 amide bonds. The maximum atomic E-state index is 9.12. The van der Waals surface area contributed by atoms with E-state index in [0.29, 0.717) is 13.2 Å². The Kier molecular flexibility index (Phi) is 8.75. The highest BCUT2D eigenvalue weighted by molar-refractivity contribution is 5.52. The van der Waals surface area contributed by atoms with Crippen molar-refractivity contribution in [3.8, 4) is 11.5 Å². The predicted octanol–water partition coefficient (Wildman–Crippen LogP) is 5.16. The second-order valence-electron chi connectivity index (χ2n) is 8.46. The Hall–Kier alpha value is -2.04. The van der Waals surface area contributed by atoms with Crippen LogP contribution in [-0.4, -0.2) is 36.6 Å². The van der Waals surface area contributed by atoms with Gasteiger partial charge < -0.3 is 19.7 Å². The van der Waals surface area contributed by atoms with Crippen molar-refractivity contribution >= 4 is 0 Å². The fourth-order valence-corrected chi connectivity index (χ4v) is 4.27. The van der Waals surface area contributed by atoms with E-state index < -0.39 is 0 Å². The fraction of sp³-hybridized carbons (Fsp3) is 0.538. The van der Waals surface area contributed by atoms with Gasteiger partial charge in [-0.3, -0.25) is 0 Å². The van der Waals surface area contributed by atoms with Crippen LogP contribution >= 0.6 is 0 Å². The molecule has 0 aliphatic carbocycles. The van der Waals surface area contributed by atoms with Gasteiger partial charge in [0.05, 0.1) is 13.2 Å². The van der Waals surface area contributed by atoms with Crippen molar-refractivity contribution in [1.29, 1.82) is 0 Å². The van der Waals surface area contributed by atoms with E-state index >= 15 is 0 Å². The quantitative estimate of drug-likeness (QED) is 0.533. The van der Waals surface area contributed by atoms with Gasteiger partial charge in [0.2, 0.25) is 0 Å². The number of hydrogen-bond donors (Lipinski definition) is 2. The summed E-state index contributed by atoms with van der Waals surface area (Å²) in [5.41, 5.74) is 6.81. The maximum Gasteiger partial charge on any atom is 0.125 e. The average Bonchev–Trinajstić information content (AvgIpc) is 2.70. The Bertz CT molecular complexity index is 731. The van der Waals surface area contributed by atoms with Gasteiger partial charge >= 0.3 is 0 Å². The van der Waals surface area contributed by atoms with E-state index in [2.05, 4.69) is 65.8 Å². The van der Waals surface area contributed by atoms with E-state index in [1.807, 2.05) is 0 Å². The standard InChI is InChI=1S/C26H38O4/c1-7-8-9-26(6,22-14-18(2)24(19(3)15-22)29-12-10-27)23-16-20(4)25(21(5)17-23)30-13-11-28/h14-17,27-28H,7-13H2,1-6H3. The number of hydrogen-bond acceptors (Lipinski definition) is 4. The number of unbranched alkanes of at least 4 members (excludes halogenated alkanes) is 1. The summed E-state index contributed by atoms with van der Waals surface area (Å²) in [6.07, 6.45) is 3.33. The van der Waals surface area contributed by atoms with Gasteiger partial charge in [-0.1, -0.05) is 51.0 Å². The SMILES string of the molecule is CCCCC(C)(c1cc(C)c(OCCO)c(C)c1)c1cc(C)c(OCCO)c(C)c1. The van der Waals surface area contributed by atoms with Crippen molar-refractivity contribution in [2.45, 2.75) is 66.2 Å². The molecule has 30 heavy (non-hydrogen) atoms. The molecular weight excluding hydrogens is 376 g/mol. The number of ether oxygens (including phenoxy) is 2. The zero-order valence-corrected chi connectivity index (χ0v) is 19.5. The van der Waals surface area contributed by atoms with Gasteiger partial charge in [-0.2, -0.15) is 0 Å². The molecule has 2 aromatic carbocycles. The van der Waals surface area contributed by atoms with Gasteiger partial charge in [0.1, 0.15) is 24.7 Å². The maximum absolute atomic E-state index is 9.12. The van der Waals surface area contributed by atoms with Crippen molar-refractivity contribution in [3.05, 3.63) is 57.6 Å². The molecule has 4 nitrogen and oxygen atoms in total. The van der Waals surface area contributed by atoms with Crippen LogP contribution in [0.15, 0.2) is 24.3 Å². The molecule has 0 atom stereocenters. The normalized spacial score (nSPS) is 11.6. The Morgan fingerprint density at radius 3 is 1.40 bits per heavy atom. The molecule has 0 heterocycles. The Labute approximate surface area is 181 Å². The topological polar surface area (TPSA) is 58.9 Å². The van der Waals surface area contributed by atoms with Gasteiger partial charge in [0.15, 0.2) is 0 Å². The monoisotopic (exact) mass is 414 g/mol. The molecule has 0 aliphatic heterocycles. The average molecular weight is 415 g/mol. The van der Waals surface area contributed by atoms with Gasteiger partial charge in [-0.25, -0.2) is 0 Å². The molecule has 2 N–H and O–H groups in total. The second kappa shape index (κ2) is 10.8. The van der Waals surface area contributed by atoms with Crippen LogP contribution < -0.4 is 9.47 Å². The molecule has 4 heteroatoms. The third kappa shape index (κ3) is 5.35. The summed E-state index contributed by atoms with van der Waals surface area (Å²) >= 11 is 0. The molecule has 0 saturated heterocycles. The van der Waals surface area contributed by atoms with Crippen molar-refractivity contribution in [1.82, 2.24) is 0 Å². The van der Waals surface area contributed by atoms with Crippen LogP contribution in [0.2, 0.25) is 0 Å². The van der Waals surface area contributed by atoms with Crippen molar-refractivity contribution in [2.75, 3.05) is 26.4 Å². The summed E-state index contributed by atoms with van der Waals surface area (Å²) in [7, 11) is 0. The van der Waals surface area contributed by atoms with Gasteiger partial charge in [-0.05, 0) is 67.5 Å². The zero-order chi connectivity index (χ0) is 22.3. The molecule has 0 unspecified atom stereocenters. The van der Waals surface area contributed by atoms with Crippen LogP contribution in [0.4, 0.5) is 0 Å². The zero-order valence-electron chi connectivity index (χ0n) is 19.5. The van der Waals surface area contributed by atoms with E-state index in [-0.39, 0.29) is 18.6 Å². The van der Waals surface area contributed by atoms with Crippen LogP contribution in [-0.2, 0) is 5.41 Å². The third-order valence-corrected chi connectivity index (χ3v) is 5.90. The fourth-order valence-electron chi connectivity index (χ4n) is 4.27. The molecule has 0 saturated carbocycles. The summed E-state index contributed by atoms with van der Waals surface area (Å²) in [4.78, 5) is 0. The van der Waals surface area contributed by atoms with E-state index in [1.165, 1.54) is 11.1 Å². The molecule has 0 radical (unpaired) electrons. The first-order valence-electron chi connectivity index (χ1n) is 11.0. The first-order chi connectivity index (χ1) is 14.3. The smallest absolute Gasteiger partial charge is 0.125 e. The van der Waals surface area contributed by atoms with E-state index in [0.717, 1.165) is 53.0 Å². The first kappa shape index (κ1) is 24.2. The summed E-state index contributed by atoms with van der Waals surface area (Å²) in [5, 5.41) is 18.2. The van der Waals surface area contributed by atoms with Gasteiger partial charge in [0, 0.05) is 5.41 Å². The number of benzene rings is 2. The van der Waals surface area contributed by atoms with Crippen molar-refractivity contribution in [2.24, 2.45) is 0 Å². The second-order valence-corrected chi connectivity index (χ2v) is 8.46. The van der Waals surface area contributed by atoms with E-state index in [9.17, 15) is 0 Å². The minimum Gasteiger partial charge on any atom is -0.491 e. The molecule has 0 aromatic heterocycles. The van der Waals surface area contributed by atoms with E-state index in [1.54, 1.807) is 0 Å². The summed E-state index contributed by atoms with van der Waals surface area (Å²) in [6, 6.07) is 8.93. The number of aryl methyl sites for hydroxylation is 4. The van der Waals surface area contributed by atoms with Gasteiger partial charge in [-0.15, -0.1) is 0 Å². The minimum absolute atomic E-state index is 0.0120. The predicted molar refractivity (Wildman–Crippen MR) is 123 cm³/mol. The molecular formula is C26H38O4. The highest BCUT2D eigenvalue weighted by Gasteiger charge is 2.30. The molecule has 0 fully saturated rings. The van der Waals surface area contributed by atoms with E-state index in [4.69, 9.17) is 19.7 Å². The third-order valence-electron chi connectivity index (χ3n) is 5.90. The lowest BCUT2D eigenvalue weighted by molar-refractivity contribution is 0.200. The Morgan fingerprint density at radius 2 is 1.10 bits per heavy atom. The number of aliphatic hydroxyl groups excluding tert-OH is 2. The molecule has 2 rings (SSSR count). The lowest BCUT2D eigenvalue weighted by atomic mass is 9.71. The van der Waals surface area contributed by atoms with Crippen LogP contribution in [0.3, 0.4) is 0 Å². The Morgan fingerprint density at radius 1 is 0.733 bits per heavy atom. The first-order valence-corrected chi connectivity index (χ1v) is 11.0. The van der Waals surface area contributed by atoms with Gasteiger partial charge in [0.25, 0.3) is 0 Å². The number of rotatable bonds is 11. The molecule has 0 aliphatic rings. The van der Waals surface area contributed by atoms with Crippen LogP contribution in [0.5, 0.6) is 11.5 Å². The molecule has 166 valence electrons. The summed E-state index contributed by atoms with van der Waals surface area (Å²) < 4.78 is 11.6. The Balaban J connectivity index is 2.55. The van der Waals surface area contributed by atoms with Crippen molar-refractivity contribution < 1.29 is 19.7 Å². The largest absolute Gasteiger partial charge is 0.491 e. The van der Waals surface area contributed by atoms with Crippen LogP contribution in [0.25, 0.3) is 0 Å². The molecule has 0 bridgehead atoms. The molecule has 0 spiro atoms. The summed E-state index contributed by atoms with van der Waals surface area (Å²) in [5.74, 6) is 1.73. The highest BCUT2D eigenvalue weighted by Crippen LogP contribution is 2.42. The van der Waals surface area contributed by atoms with Crippen LogP contribution in [0.1, 0.15) is 66.5 Å². The lowest BCUT2D eigenvalue weighted by Crippen LogP contribution is -2.25. The number of aliphatic hydroxyl groups is 2. The molecule has 2 aromatic rings. The van der Waals surface area contributed by atoms with Crippen LogP contribution in [0, 0.1) is 27.7 Å². The van der Waals surface area contributed by atoms with Crippen molar-refractivity contribution in [3.63, 3.8) is 0 Å².